The molecule has 1 saturated heterocycles. The van der Waals surface area contributed by atoms with E-state index in [1.807, 2.05) is 18.2 Å². The number of benzene rings is 2. The minimum absolute atomic E-state index is 0.0915. The van der Waals surface area contributed by atoms with E-state index in [1.165, 1.54) is 11.6 Å². The summed E-state index contributed by atoms with van der Waals surface area (Å²) in [6.45, 7) is 7.40. The lowest BCUT2D eigenvalue weighted by atomic mass is 10.1. The summed E-state index contributed by atoms with van der Waals surface area (Å²) in [6.07, 6.45) is 0.492. The van der Waals surface area contributed by atoms with Crippen LogP contribution < -0.4 is 5.32 Å². The van der Waals surface area contributed by atoms with Gasteiger partial charge in [-0.15, -0.1) is 0 Å². The molecule has 1 aliphatic heterocycles. The van der Waals surface area contributed by atoms with Crippen molar-refractivity contribution in [3.8, 4) is 6.07 Å². The maximum atomic E-state index is 11.2. The molecule has 3 rings (SSSR count). The van der Waals surface area contributed by atoms with Crippen molar-refractivity contribution in [3.05, 3.63) is 69.3 Å². The molecule has 1 heterocycles. The molecule has 2 atom stereocenters. The van der Waals surface area contributed by atoms with Crippen LogP contribution in [0, 0.1) is 21.4 Å². The predicted molar refractivity (Wildman–Crippen MR) is 107 cm³/mol. The molecule has 28 heavy (non-hydrogen) atoms. The van der Waals surface area contributed by atoms with Crippen LogP contribution in [0.3, 0.4) is 0 Å². The molecule has 7 nitrogen and oxygen atoms in total. The van der Waals surface area contributed by atoms with Crippen molar-refractivity contribution >= 4 is 11.4 Å². The molecule has 0 bridgehead atoms. The molecule has 0 aliphatic carbocycles. The number of morpholine rings is 1. The second kappa shape index (κ2) is 8.83. The van der Waals surface area contributed by atoms with Gasteiger partial charge in [0.15, 0.2) is 0 Å². The zero-order valence-corrected chi connectivity index (χ0v) is 16.1. The first kappa shape index (κ1) is 19.8. The average molecular weight is 380 g/mol. The van der Waals surface area contributed by atoms with E-state index < -0.39 is 4.92 Å². The summed E-state index contributed by atoms with van der Waals surface area (Å²) < 4.78 is 5.77. The van der Waals surface area contributed by atoms with E-state index in [-0.39, 0.29) is 23.5 Å². The van der Waals surface area contributed by atoms with Crippen molar-refractivity contribution in [1.29, 1.82) is 5.26 Å². The molecule has 0 radical (unpaired) electrons. The van der Waals surface area contributed by atoms with Crippen LogP contribution in [-0.2, 0) is 17.8 Å². The van der Waals surface area contributed by atoms with Crippen molar-refractivity contribution in [3.63, 3.8) is 0 Å². The zero-order chi connectivity index (χ0) is 20.1. The monoisotopic (exact) mass is 380 g/mol. The molecule has 1 fully saturated rings. The lowest BCUT2D eigenvalue weighted by Crippen LogP contribution is -2.44. The number of hydrogen-bond donors (Lipinski definition) is 1. The third kappa shape index (κ3) is 5.06. The molecule has 1 N–H and O–H groups in total. The van der Waals surface area contributed by atoms with Crippen LogP contribution >= 0.6 is 0 Å². The molecule has 0 saturated carbocycles. The molecule has 2 aromatic carbocycles. The fourth-order valence-electron chi connectivity index (χ4n) is 3.53. The van der Waals surface area contributed by atoms with Gasteiger partial charge in [-0.2, -0.15) is 5.26 Å². The number of nitriles is 1. The van der Waals surface area contributed by atoms with Gasteiger partial charge in [0.05, 0.1) is 28.8 Å². The number of nitro benzene ring substituents is 1. The summed E-state index contributed by atoms with van der Waals surface area (Å²) in [4.78, 5) is 13.1. The first-order chi connectivity index (χ1) is 13.4. The summed E-state index contributed by atoms with van der Waals surface area (Å²) >= 11 is 0. The zero-order valence-electron chi connectivity index (χ0n) is 16.1. The van der Waals surface area contributed by atoms with Gasteiger partial charge in [-0.3, -0.25) is 15.0 Å². The normalized spacial score (nSPS) is 19.8. The second-order valence-corrected chi connectivity index (χ2v) is 7.22. The van der Waals surface area contributed by atoms with E-state index in [1.54, 1.807) is 12.1 Å². The van der Waals surface area contributed by atoms with Crippen LogP contribution in [0.1, 0.15) is 30.5 Å². The SMILES string of the molecule is C[C@@H]1CN(Cc2ccc(CNc3ccc(C#N)cc3[N+](=O)[O-])cc2)C[C@@H](C)O1. The van der Waals surface area contributed by atoms with Crippen molar-refractivity contribution < 1.29 is 9.66 Å². The molecule has 0 amide bonds. The van der Waals surface area contributed by atoms with E-state index in [9.17, 15) is 10.1 Å². The first-order valence-corrected chi connectivity index (χ1v) is 9.32. The molecule has 1 aliphatic rings. The summed E-state index contributed by atoms with van der Waals surface area (Å²) in [6, 6.07) is 14.6. The van der Waals surface area contributed by atoms with E-state index >= 15 is 0 Å². The molecule has 0 unspecified atom stereocenters. The Morgan fingerprint density at radius 1 is 1.18 bits per heavy atom. The van der Waals surface area contributed by atoms with E-state index in [0.717, 1.165) is 25.2 Å². The van der Waals surface area contributed by atoms with Gasteiger partial charge < -0.3 is 10.1 Å². The maximum absolute atomic E-state index is 11.2. The number of ether oxygens (including phenoxy) is 1. The van der Waals surface area contributed by atoms with E-state index in [0.29, 0.717) is 12.2 Å². The maximum Gasteiger partial charge on any atom is 0.293 e. The molecule has 0 spiro atoms. The second-order valence-electron chi connectivity index (χ2n) is 7.22. The van der Waals surface area contributed by atoms with Crippen LogP contribution in [0.25, 0.3) is 0 Å². The van der Waals surface area contributed by atoms with Gasteiger partial charge in [0.25, 0.3) is 5.69 Å². The van der Waals surface area contributed by atoms with Crippen molar-refractivity contribution in [1.82, 2.24) is 4.90 Å². The van der Waals surface area contributed by atoms with Crippen LogP contribution in [0.2, 0.25) is 0 Å². The minimum Gasteiger partial charge on any atom is -0.375 e. The highest BCUT2D eigenvalue weighted by Gasteiger charge is 2.22. The van der Waals surface area contributed by atoms with Gasteiger partial charge in [-0.1, -0.05) is 24.3 Å². The van der Waals surface area contributed by atoms with E-state index in [4.69, 9.17) is 10.00 Å². The van der Waals surface area contributed by atoms with Gasteiger partial charge in [-0.25, -0.2) is 0 Å². The summed E-state index contributed by atoms with van der Waals surface area (Å²) in [5.74, 6) is 0. The number of anilines is 1. The number of hydrogen-bond acceptors (Lipinski definition) is 6. The summed E-state index contributed by atoms with van der Waals surface area (Å²) in [5.41, 5.74) is 2.85. The Hall–Kier alpha value is -2.95. The quantitative estimate of drug-likeness (QED) is 0.607. The average Bonchev–Trinajstić information content (AvgIpc) is 2.66. The fraction of sp³-hybridized carbons (Fsp3) is 0.381. The van der Waals surface area contributed by atoms with Crippen molar-refractivity contribution in [2.24, 2.45) is 0 Å². The molecule has 146 valence electrons. The van der Waals surface area contributed by atoms with Crippen molar-refractivity contribution in [2.75, 3.05) is 18.4 Å². The highest BCUT2D eigenvalue weighted by Crippen LogP contribution is 2.26. The lowest BCUT2D eigenvalue weighted by molar-refractivity contribution is -0.384. The number of nitro groups is 1. The first-order valence-electron chi connectivity index (χ1n) is 9.32. The Balaban J connectivity index is 1.61. The smallest absolute Gasteiger partial charge is 0.293 e. The molecule has 0 aromatic heterocycles. The predicted octanol–water partition coefficient (Wildman–Crippen LogP) is 3.69. The third-order valence-corrected chi connectivity index (χ3v) is 4.73. The molecule has 7 heteroatoms. The number of rotatable bonds is 6. The van der Waals surface area contributed by atoms with Crippen LogP contribution in [-0.4, -0.2) is 35.1 Å². The van der Waals surface area contributed by atoms with E-state index in [2.05, 4.69) is 36.2 Å². The van der Waals surface area contributed by atoms with Crippen LogP contribution in [0.5, 0.6) is 0 Å². The largest absolute Gasteiger partial charge is 0.375 e. The Bertz CT molecular complexity index is 866. The Morgan fingerprint density at radius 3 is 2.43 bits per heavy atom. The van der Waals surface area contributed by atoms with Crippen LogP contribution in [0.15, 0.2) is 42.5 Å². The van der Waals surface area contributed by atoms with Gasteiger partial charge in [0, 0.05) is 32.2 Å². The Morgan fingerprint density at radius 2 is 1.82 bits per heavy atom. The van der Waals surface area contributed by atoms with Gasteiger partial charge in [0.2, 0.25) is 0 Å². The lowest BCUT2D eigenvalue weighted by Gasteiger charge is -2.35. The minimum atomic E-state index is -0.476. The molecule has 2 aromatic rings. The highest BCUT2D eigenvalue weighted by atomic mass is 16.6. The third-order valence-electron chi connectivity index (χ3n) is 4.73. The molecular weight excluding hydrogens is 356 g/mol. The number of nitrogens with zero attached hydrogens (tertiary/aromatic N) is 3. The topological polar surface area (TPSA) is 91.4 Å². The molecular formula is C21H24N4O3. The standard InChI is InChI=1S/C21H24N4O3/c1-15-12-24(13-16(2)28-15)14-18-5-3-17(4-6-18)11-23-20-8-7-19(10-22)9-21(20)25(26)27/h3-9,15-16,23H,11-14H2,1-2H3/t15-,16-/m1/s1. The number of nitrogens with one attached hydrogen (secondary N) is 1. The van der Waals surface area contributed by atoms with Gasteiger partial charge >= 0.3 is 0 Å². The summed E-state index contributed by atoms with van der Waals surface area (Å²) in [5, 5.41) is 23.2. The van der Waals surface area contributed by atoms with Gasteiger partial charge in [-0.05, 0) is 37.1 Å². The Kier molecular flexibility index (Phi) is 6.24. The highest BCUT2D eigenvalue weighted by molar-refractivity contribution is 5.64. The van der Waals surface area contributed by atoms with Crippen LogP contribution in [0.4, 0.5) is 11.4 Å². The summed E-state index contributed by atoms with van der Waals surface area (Å²) in [7, 11) is 0. The van der Waals surface area contributed by atoms with Crippen molar-refractivity contribution in [2.45, 2.75) is 39.1 Å². The Labute approximate surface area is 164 Å². The fourth-order valence-corrected chi connectivity index (χ4v) is 3.53. The van der Waals surface area contributed by atoms with Gasteiger partial charge in [0.1, 0.15) is 5.69 Å².